The zero-order chi connectivity index (χ0) is 13.5. The molecule has 1 rings (SSSR count). The number of aliphatic carboxylic acids is 1. The maximum atomic E-state index is 11.9. The van der Waals surface area contributed by atoms with E-state index < -0.39 is 18.0 Å². The van der Waals surface area contributed by atoms with Crippen molar-refractivity contribution in [2.24, 2.45) is 0 Å². The normalized spacial score (nSPS) is 16.1. The highest BCUT2D eigenvalue weighted by atomic mass is 16.5. The Kier molecular flexibility index (Phi) is 5.87. The van der Waals surface area contributed by atoms with Crippen LogP contribution in [0, 0.1) is 0 Å². The monoisotopic (exact) mass is 260 g/mol. The van der Waals surface area contributed by atoms with Crippen molar-refractivity contribution in [2.75, 3.05) is 26.9 Å². The minimum Gasteiger partial charge on any atom is -0.480 e. The Bertz CT molecular complexity index is 293. The van der Waals surface area contributed by atoms with Crippen LogP contribution in [0.5, 0.6) is 0 Å². The average Bonchev–Trinajstić information content (AvgIpc) is 3.13. The van der Waals surface area contributed by atoms with Crippen LogP contribution < -0.4 is 5.32 Å². The lowest BCUT2D eigenvalue weighted by Crippen LogP contribution is -2.49. The summed E-state index contributed by atoms with van der Waals surface area (Å²) in [5.74, 6) is -1.14. The quantitative estimate of drug-likeness (QED) is 0.553. The molecule has 0 aromatic carbocycles. The van der Waals surface area contributed by atoms with E-state index >= 15 is 0 Å². The summed E-state index contributed by atoms with van der Waals surface area (Å²) in [5.41, 5.74) is 0. The highest BCUT2D eigenvalue weighted by molar-refractivity contribution is 5.82. The van der Waals surface area contributed by atoms with Gasteiger partial charge in [-0.3, -0.25) is 0 Å². The van der Waals surface area contributed by atoms with Crippen LogP contribution in [-0.2, 0) is 9.53 Å². The van der Waals surface area contributed by atoms with E-state index in [-0.39, 0.29) is 19.1 Å². The number of hydrogen-bond donors (Lipinski definition) is 3. The first-order chi connectivity index (χ1) is 8.60. The number of carbonyl (C=O) groups excluding carboxylic acids is 1. The van der Waals surface area contributed by atoms with E-state index in [4.69, 9.17) is 14.9 Å². The number of carboxylic acid groups (broad SMARTS) is 1. The summed E-state index contributed by atoms with van der Waals surface area (Å²) in [7, 11) is 1.55. The Balaban J connectivity index is 2.50. The number of carboxylic acids is 1. The van der Waals surface area contributed by atoms with Crippen LogP contribution in [0.3, 0.4) is 0 Å². The van der Waals surface area contributed by atoms with E-state index in [1.807, 2.05) is 0 Å². The zero-order valence-corrected chi connectivity index (χ0v) is 10.5. The number of rotatable bonds is 8. The van der Waals surface area contributed by atoms with Gasteiger partial charge in [0.15, 0.2) is 0 Å². The first-order valence-corrected chi connectivity index (χ1v) is 6.00. The number of urea groups is 1. The number of nitrogens with one attached hydrogen (secondary N) is 1. The molecule has 1 fully saturated rings. The SMILES string of the molecule is COCCN(C(=O)N[C@H](CCO)C(=O)O)C1CC1. The summed E-state index contributed by atoms with van der Waals surface area (Å²) < 4.78 is 4.92. The van der Waals surface area contributed by atoms with Crippen molar-refractivity contribution in [3.8, 4) is 0 Å². The molecule has 7 nitrogen and oxygen atoms in total. The molecule has 0 saturated heterocycles. The van der Waals surface area contributed by atoms with Crippen molar-refractivity contribution in [3.05, 3.63) is 0 Å². The van der Waals surface area contributed by atoms with Crippen LogP contribution in [0.1, 0.15) is 19.3 Å². The minimum absolute atomic E-state index is 0.00383. The molecule has 0 radical (unpaired) electrons. The second-order valence-corrected chi connectivity index (χ2v) is 4.27. The van der Waals surface area contributed by atoms with Crippen LogP contribution in [-0.4, -0.2) is 66.1 Å². The lowest BCUT2D eigenvalue weighted by atomic mass is 10.2. The fourth-order valence-electron chi connectivity index (χ4n) is 1.64. The van der Waals surface area contributed by atoms with E-state index in [1.54, 1.807) is 12.0 Å². The van der Waals surface area contributed by atoms with E-state index in [9.17, 15) is 9.59 Å². The third kappa shape index (κ3) is 4.50. The Morgan fingerprint density at radius 2 is 2.17 bits per heavy atom. The molecule has 0 heterocycles. The van der Waals surface area contributed by atoms with Gasteiger partial charge >= 0.3 is 12.0 Å². The molecular weight excluding hydrogens is 240 g/mol. The predicted octanol–water partition coefficient (Wildman–Crippen LogP) is -0.358. The molecule has 1 aliphatic rings. The third-order valence-corrected chi connectivity index (χ3v) is 2.80. The maximum Gasteiger partial charge on any atom is 0.326 e. The lowest BCUT2D eigenvalue weighted by molar-refractivity contribution is -0.139. The van der Waals surface area contributed by atoms with Crippen LogP contribution in [0.15, 0.2) is 0 Å². The van der Waals surface area contributed by atoms with Gasteiger partial charge in [0.2, 0.25) is 0 Å². The zero-order valence-electron chi connectivity index (χ0n) is 10.5. The fraction of sp³-hybridized carbons (Fsp3) is 0.818. The van der Waals surface area contributed by atoms with Gasteiger partial charge in [0.1, 0.15) is 6.04 Å². The van der Waals surface area contributed by atoms with Gasteiger partial charge in [-0.2, -0.15) is 0 Å². The average molecular weight is 260 g/mol. The summed E-state index contributed by atoms with van der Waals surface area (Å²) in [4.78, 5) is 24.4. The molecule has 0 bridgehead atoms. The number of methoxy groups -OCH3 is 1. The first-order valence-electron chi connectivity index (χ1n) is 6.00. The number of hydrogen-bond acceptors (Lipinski definition) is 4. The number of nitrogens with zero attached hydrogens (tertiary/aromatic N) is 1. The smallest absolute Gasteiger partial charge is 0.326 e. The number of ether oxygens (including phenoxy) is 1. The second-order valence-electron chi connectivity index (χ2n) is 4.27. The van der Waals surface area contributed by atoms with Crippen molar-refractivity contribution >= 4 is 12.0 Å². The predicted molar refractivity (Wildman–Crippen MR) is 63.3 cm³/mol. The summed E-state index contributed by atoms with van der Waals surface area (Å²) in [5, 5.41) is 20.1. The molecule has 2 amide bonds. The summed E-state index contributed by atoms with van der Waals surface area (Å²) >= 11 is 0. The Morgan fingerprint density at radius 1 is 1.50 bits per heavy atom. The molecule has 3 N–H and O–H groups in total. The molecule has 0 aliphatic heterocycles. The number of aliphatic hydroxyl groups excluding tert-OH is 1. The van der Waals surface area contributed by atoms with Gasteiger partial charge in [0, 0.05) is 32.7 Å². The van der Waals surface area contributed by atoms with Gasteiger partial charge < -0.3 is 25.2 Å². The maximum absolute atomic E-state index is 11.9. The van der Waals surface area contributed by atoms with Crippen molar-refractivity contribution in [1.29, 1.82) is 0 Å². The third-order valence-electron chi connectivity index (χ3n) is 2.80. The van der Waals surface area contributed by atoms with Crippen molar-refractivity contribution in [1.82, 2.24) is 10.2 Å². The van der Waals surface area contributed by atoms with Crippen molar-refractivity contribution < 1.29 is 24.5 Å². The van der Waals surface area contributed by atoms with E-state index in [0.29, 0.717) is 13.2 Å². The molecule has 1 saturated carbocycles. The van der Waals surface area contributed by atoms with Crippen LogP contribution >= 0.6 is 0 Å². The molecule has 7 heteroatoms. The van der Waals surface area contributed by atoms with Crippen LogP contribution in [0.2, 0.25) is 0 Å². The van der Waals surface area contributed by atoms with Gasteiger partial charge in [-0.1, -0.05) is 0 Å². The molecule has 1 aliphatic carbocycles. The second kappa shape index (κ2) is 7.17. The molecule has 0 spiro atoms. The molecule has 0 unspecified atom stereocenters. The number of aliphatic hydroxyl groups is 1. The lowest BCUT2D eigenvalue weighted by Gasteiger charge is -2.24. The highest BCUT2D eigenvalue weighted by Crippen LogP contribution is 2.26. The largest absolute Gasteiger partial charge is 0.480 e. The molecular formula is C11H20N2O5. The molecule has 0 aromatic heterocycles. The summed E-state index contributed by atoms with van der Waals surface area (Å²) in [6.07, 6.45) is 1.88. The Hall–Kier alpha value is -1.34. The number of amides is 2. The van der Waals surface area contributed by atoms with E-state index in [0.717, 1.165) is 12.8 Å². The minimum atomic E-state index is -1.14. The van der Waals surface area contributed by atoms with Gasteiger partial charge in [0.05, 0.1) is 6.61 Å². The topological polar surface area (TPSA) is 99.1 Å². The first kappa shape index (κ1) is 14.7. The van der Waals surface area contributed by atoms with E-state index in [2.05, 4.69) is 5.32 Å². The standard InChI is InChI=1S/C11H20N2O5/c1-18-7-5-13(8-2-3-8)11(17)12-9(4-6-14)10(15)16/h8-9,14H,2-7H2,1H3,(H,12,17)(H,15,16)/t9-/m1/s1. The van der Waals surface area contributed by atoms with Gasteiger partial charge in [-0.05, 0) is 12.8 Å². The summed E-state index contributed by atoms with van der Waals surface area (Å²) in [6, 6.07) is -1.27. The molecule has 0 aromatic rings. The number of carbonyl (C=O) groups is 2. The van der Waals surface area contributed by atoms with Crippen molar-refractivity contribution in [3.63, 3.8) is 0 Å². The Labute approximate surface area is 106 Å². The molecule has 18 heavy (non-hydrogen) atoms. The Morgan fingerprint density at radius 3 is 2.61 bits per heavy atom. The van der Waals surface area contributed by atoms with Crippen LogP contribution in [0.4, 0.5) is 4.79 Å². The molecule has 104 valence electrons. The van der Waals surface area contributed by atoms with Gasteiger partial charge in [-0.15, -0.1) is 0 Å². The fourth-order valence-corrected chi connectivity index (χ4v) is 1.64. The van der Waals surface area contributed by atoms with Gasteiger partial charge in [0.25, 0.3) is 0 Å². The highest BCUT2D eigenvalue weighted by Gasteiger charge is 2.33. The van der Waals surface area contributed by atoms with E-state index in [1.165, 1.54) is 0 Å². The van der Waals surface area contributed by atoms with Crippen molar-refractivity contribution in [2.45, 2.75) is 31.3 Å². The van der Waals surface area contributed by atoms with Crippen LogP contribution in [0.25, 0.3) is 0 Å². The van der Waals surface area contributed by atoms with Gasteiger partial charge in [-0.25, -0.2) is 9.59 Å². The summed E-state index contributed by atoms with van der Waals surface area (Å²) in [6.45, 7) is 0.582. The molecule has 1 atom stereocenters.